The van der Waals surface area contributed by atoms with Crippen LogP contribution in [0.5, 0.6) is 5.75 Å². The van der Waals surface area contributed by atoms with Crippen molar-refractivity contribution in [2.45, 2.75) is 33.1 Å². The summed E-state index contributed by atoms with van der Waals surface area (Å²) >= 11 is 5.89. The minimum Gasteiger partial charge on any atom is -0.491 e. The van der Waals surface area contributed by atoms with Gasteiger partial charge in [-0.25, -0.2) is 0 Å². The van der Waals surface area contributed by atoms with Crippen LogP contribution in [0.2, 0.25) is 0 Å². The monoisotopic (exact) mass is 270 g/mol. The minimum atomic E-state index is 0.477. The van der Waals surface area contributed by atoms with Crippen molar-refractivity contribution in [2.24, 2.45) is 5.92 Å². The summed E-state index contributed by atoms with van der Waals surface area (Å²) in [6.45, 7) is 8.44. The molecule has 0 aliphatic rings. The van der Waals surface area contributed by atoms with E-state index in [9.17, 15) is 0 Å². The van der Waals surface area contributed by atoms with Gasteiger partial charge in [-0.05, 0) is 25.3 Å². The van der Waals surface area contributed by atoms with Crippen molar-refractivity contribution in [1.29, 1.82) is 0 Å². The highest BCUT2D eigenvalue weighted by molar-refractivity contribution is 6.17. The Morgan fingerprint density at radius 1 is 1.17 bits per heavy atom. The van der Waals surface area contributed by atoms with Gasteiger partial charge in [0.2, 0.25) is 0 Å². The van der Waals surface area contributed by atoms with E-state index in [1.54, 1.807) is 0 Å². The van der Waals surface area contributed by atoms with Crippen molar-refractivity contribution < 1.29 is 9.47 Å². The Hall–Kier alpha value is -0.730. The number of alkyl halides is 1. The van der Waals surface area contributed by atoms with E-state index in [0.717, 1.165) is 24.3 Å². The lowest BCUT2D eigenvalue weighted by molar-refractivity contribution is 0.0923. The number of ether oxygens (including phenoxy) is 2. The summed E-state index contributed by atoms with van der Waals surface area (Å²) in [5, 5.41) is 0. The van der Waals surface area contributed by atoms with Crippen LogP contribution in [0.25, 0.3) is 0 Å². The molecule has 0 saturated carbocycles. The van der Waals surface area contributed by atoms with E-state index in [1.807, 2.05) is 12.1 Å². The molecule has 0 radical (unpaired) electrons. The van der Waals surface area contributed by atoms with E-state index in [-0.39, 0.29) is 0 Å². The molecule has 102 valence electrons. The summed E-state index contributed by atoms with van der Waals surface area (Å²) in [6, 6.07) is 6.06. The lowest BCUT2D eigenvalue weighted by Crippen LogP contribution is -2.09. The van der Waals surface area contributed by atoms with Crippen LogP contribution in [0.15, 0.2) is 18.2 Å². The highest BCUT2D eigenvalue weighted by Gasteiger charge is 2.03. The summed E-state index contributed by atoms with van der Waals surface area (Å²) in [7, 11) is 0. The summed E-state index contributed by atoms with van der Waals surface area (Å²) in [6.07, 6.45) is 1.09. The fourth-order valence-corrected chi connectivity index (χ4v) is 1.79. The van der Waals surface area contributed by atoms with Gasteiger partial charge in [0.25, 0.3) is 0 Å². The highest BCUT2D eigenvalue weighted by atomic mass is 35.5. The Morgan fingerprint density at radius 2 is 1.94 bits per heavy atom. The number of hydrogen-bond donors (Lipinski definition) is 0. The van der Waals surface area contributed by atoms with Crippen molar-refractivity contribution in [3.05, 3.63) is 29.3 Å². The van der Waals surface area contributed by atoms with Crippen LogP contribution in [0.4, 0.5) is 0 Å². The SMILES string of the molecule is Cc1ccc(OCCOCCC(C)C)c(CCl)c1. The zero-order valence-electron chi connectivity index (χ0n) is 11.5. The fourth-order valence-electron chi connectivity index (χ4n) is 1.59. The van der Waals surface area contributed by atoms with E-state index in [4.69, 9.17) is 21.1 Å². The van der Waals surface area contributed by atoms with Crippen molar-refractivity contribution >= 4 is 11.6 Å². The van der Waals surface area contributed by atoms with Crippen molar-refractivity contribution in [2.75, 3.05) is 19.8 Å². The zero-order chi connectivity index (χ0) is 13.4. The normalized spacial score (nSPS) is 10.9. The van der Waals surface area contributed by atoms with Gasteiger partial charge in [-0.15, -0.1) is 11.6 Å². The molecule has 0 aliphatic heterocycles. The molecular formula is C15H23ClO2. The van der Waals surface area contributed by atoms with Gasteiger partial charge in [-0.3, -0.25) is 0 Å². The maximum atomic E-state index is 5.89. The van der Waals surface area contributed by atoms with Crippen LogP contribution in [0.3, 0.4) is 0 Å². The molecule has 1 aromatic carbocycles. The first-order valence-electron chi connectivity index (χ1n) is 6.49. The summed E-state index contributed by atoms with van der Waals surface area (Å²) < 4.78 is 11.2. The third kappa shape index (κ3) is 5.74. The Morgan fingerprint density at radius 3 is 2.61 bits per heavy atom. The van der Waals surface area contributed by atoms with Gasteiger partial charge in [0.1, 0.15) is 12.4 Å². The predicted octanol–water partition coefficient (Wildman–Crippen LogP) is 4.18. The van der Waals surface area contributed by atoms with Crippen LogP contribution >= 0.6 is 11.6 Å². The summed E-state index contributed by atoms with van der Waals surface area (Å²) in [5.41, 5.74) is 2.24. The van der Waals surface area contributed by atoms with Crippen molar-refractivity contribution in [3.63, 3.8) is 0 Å². The van der Waals surface area contributed by atoms with Gasteiger partial charge < -0.3 is 9.47 Å². The Labute approximate surface area is 115 Å². The molecule has 0 atom stereocenters. The number of aryl methyl sites for hydroxylation is 1. The second-order valence-corrected chi connectivity index (χ2v) is 5.16. The Balaban J connectivity index is 2.27. The Kier molecular flexibility index (Phi) is 7.14. The second kappa shape index (κ2) is 8.39. The molecule has 0 bridgehead atoms. The van der Waals surface area contributed by atoms with Gasteiger partial charge in [-0.1, -0.05) is 31.5 Å². The van der Waals surface area contributed by atoms with Gasteiger partial charge in [0.15, 0.2) is 0 Å². The van der Waals surface area contributed by atoms with Crippen LogP contribution < -0.4 is 4.74 Å². The predicted molar refractivity (Wildman–Crippen MR) is 76.5 cm³/mol. The molecule has 0 aromatic heterocycles. The molecule has 1 rings (SSSR count). The molecule has 0 saturated heterocycles. The number of benzene rings is 1. The maximum absolute atomic E-state index is 5.89. The average molecular weight is 271 g/mol. The third-order valence-corrected chi connectivity index (χ3v) is 2.97. The molecule has 0 spiro atoms. The summed E-state index contributed by atoms with van der Waals surface area (Å²) in [4.78, 5) is 0. The third-order valence-electron chi connectivity index (χ3n) is 2.68. The smallest absolute Gasteiger partial charge is 0.123 e. The number of halogens is 1. The van der Waals surface area contributed by atoms with Crippen molar-refractivity contribution in [1.82, 2.24) is 0 Å². The van der Waals surface area contributed by atoms with Gasteiger partial charge in [0, 0.05) is 12.2 Å². The standard InChI is InChI=1S/C15H23ClO2/c1-12(2)6-7-17-8-9-18-15-5-4-13(3)10-14(15)11-16/h4-5,10,12H,6-9,11H2,1-3H3. The number of hydrogen-bond acceptors (Lipinski definition) is 2. The molecule has 0 fully saturated rings. The van der Waals surface area contributed by atoms with Gasteiger partial charge in [0.05, 0.1) is 12.5 Å². The van der Waals surface area contributed by atoms with E-state index < -0.39 is 0 Å². The Bertz CT molecular complexity index is 350. The van der Waals surface area contributed by atoms with Crippen LogP contribution in [0.1, 0.15) is 31.4 Å². The quantitative estimate of drug-likeness (QED) is 0.521. The number of rotatable bonds is 8. The highest BCUT2D eigenvalue weighted by Crippen LogP contribution is 2.21. The molecule has 2 nitrogen and oxygen atoms in total. The van der Waals surface area contributed by atoms with Crippen LogP contribution in [-0.4, -0.2) is 19.8 Å². The van der Waals surface area contributed by atoms with Crippen molar-refractivity contribution in [3.8, 4) is 5.75 Å². The zero-order valence-corrected chi connectivity index (χ0v) is 12.3. The van der Waals surface area contributed by atoms with Crippen LogP contribution in [-0.2, 0) is 10.6 Å². The summed E-state index contributed by atoms with van der Waals surface area (Å²) in [5.74, 6) is 2.03. The largest absolute Gasteiger partial charge is 0.491 e. The minimum absolute atomic E-state index is 0.477. The lowest BCUT2D eigenvalue weighted by Gasteiger charge is -2.11. The maximum Gasteiger partial charge on any atom is 0.123 e. The molecule has 0 heterocycles. The molecule has 0 amide bonds. The second-order valence-electron chi connectivity index (χ2n) is 4.89. The first-order chi connectivity index (χ1) is 8.63. The van der Waals surface area contributed by atoms with E-state index >= 15 is 0 Å². The first-order valence-corrected chi connectivity index (χ1v) is 7.03. The van der Waals surface area contributed by atoms with E-state index in [1.165, 1.54) is 5.56 Å². The molecule has 0 aliphatic carbocycles. The molecule has 0 N–H and O–H groups in total. The topological polar surface area (TPSA) is 18.5 Å². The van der Waals surface area contributed by atoms with Crippen LogP contribution in [0, 0.1) is 12.8 Å². The van der Waals surface area contributed by atoms with E-state index in [2.05, 4.69) is 26.8 Å². The first kappa shape index (κ1) is 15.3. The fraction of sp³-hybridized carbons (Fsp3) is 0.600. The molecular weight excluding hydrogens is 248 g/mol. The lowest BCUT2D eigenvalue weighted by atomic mass is 10.1. The average Bonchev–Trinajstić information content (AvgIpc) is 2.34. The molecule has 3 heteroatoms. The molecule has 1 aromatic rings. The molecule has 18 heavy (non-hydrogen) atoms. The van der Waals surface area contributed by atoms with Gasteiger partial charge >= 0.3 is 0 Å². The molecule has 0 unspecified atom stereocenters. The van der Waals surface area contributed by atoms with E-state index in [0.29, 0.717) is 25.0 Å². The van der Waals surface area contributed by atoms with Gasteiger partial charge in [-0.2, -0.15) is 0 Å².